The maximum atomic E-state index is 12.7. The van der Waals surface area contributed by atoms with Gasteiger partial charge in [-0.15, -0.1) is 0 Å². The summed E-state index contributed by atoms with van der Waals surface area (Å²) < 4.78 is 3.20. The van der Waals surface area contributed by atoms with Gasteiger partial charge in [-0.05, 0) is 31.0 Å². The molecule has 214 valence electrons. The van der Waals surface area contributed by atoms with Gasteiger partial charge in [-0.1, -0.05) is 114 Å². The number of hydrazone groups is 1. The highest BCUT2D eigenvalue weighted by Gasteiger charge is 2.17. The van der Waals surface area contributed by atoms with Crippen LogP contribution in [0.2, 0.25) is 5.02 Å². The number of anilines is 1. The van der Waals surface area contributed by atoms with Crippen molar-refractivity contribution in [2.75, 3.05) is 5.43 Å². The number of halogens is 1. The van der Waals surface area contributed by atoms with E-state index < -0.39 is 11.2 Å². The van der Waals surface area contributed by atoms with Gasteiger partial charge in [-0.2, -0.15) is 10.1 Å². The minimum atomic E-state index is -0.485. The van der Waals surface area contributed by atoms with Crippen LogP contribution in [0.25, 0.3) is 11.2 Å². The Balaban J connectivity index is 1.52. The molecule has 0 aliphatic carbocycles. The fourth-order valence-corrected chi connectivity index (χ4v) is 5.02. The van der Waals surface area contributed by atoms with E-state index in [4.69, 9.17) is 11.6 Å². The molecule has 0 fully saturated rings. The van der Waals surface area contributed by atoms with Crippen LogP contribution in [0.4, 0.5) is 5.95 Å². The van der Waals surface area contributed by atoms with Crippen molar-refractivity contribution in [2.45, 2.75) is 110 Å². The molecule has 1 aromatic carbocycles. The van der Waals surface area contributed by atoms with E-state index in [0.717, 1.165) is 24.1 Å². The summed E-state index contributed by atoms with van der Waals surface area (Å²) in [6.07, 6.45) is 18.0. The second-order valence-electron chi connectivity index (χ2n) is 10.5. The van der Waals surface area contributed by atoms with Crippen LogP contribution >= 0.6 is 11.6 Å². The largest absolute Gasteiger partial charge is 0.329 e. The van der Waals surface area contributed by atoms with E-state index in [9.17, 15) is 9.59 Å². The summed E-state index contributed by atoms with van der Waals surface area (Å²) in [5.74, 6) is 0.444. The predicted octanol–water partition coefficient (Wildman–Crippen LogP) is 7.39. The van der Waals surface area contributed by atoms with E-state index in [2.05, 4.69) is 27.4 Å². The lowest BCUT2D eigenvalue weighted by Gasteiger charge is -2.09. The van der Waals surface area contributed by atoms with Crippen molar-refractivity contribution >= 4 is 34.4 Å². The molecule has 0 aliphatic heterocycles. The molecule has 3 aromatic rings. The maximum absolute atomic E-state index is 12.7. The Morgan fingerprint density at radius 3 is 2.00 bits per heavy atom. The monoisotopic (exact) mass is 556 g/mol. The second kappa shape index (κ2) is 16.3. The van der Waals surface area contributed by atoms with Gasteiger partial charge in [0.05, 0.1) is 5.71 Å². The van der Waals surface area contributed by atoms with Crippen molar-refractivity contribution in [3.8, 4) is 0 Å². The van der Waals surface area contributed by atoms with Crippen molar-refractivity contribution in [2.24, 2.45) is 12.1 Å². The molecule has 0 radical (unpaired) electrons. The van der Waals surface area contributed by atoms with Gasteiger partial charge in [0.25, 0.3) is 5.56 Å². The summed E-state index contributed by atoms with van der Waals surface area (Å²) in [5.41, 5.74) is 4.51. The lowest BCUT2D eigenvalue weighted by atomic mass is 10.0. The Bertz CT molecular complexity index is 1310. The van der Waals surface area contributed by atoms with E-state index in [-0.39, 0.29) is 0 Å². The van der Waals surface area contributed by atoms with Gasteiger partial charge < -0.3 is 4.57 Å². The third-order valence-electron chi connectivity index (χ3n) is 7.33. The third kappa shape index (κ3) is 9.38. The number of fused-ring (bicyclic) bond motifs is 1. The van der Waals surface area contributed by atoms with Crippen LogP contribution in [-0.4, -0.2) is 24.8 Å². The summed E-state index contributed by atoms with van der Waals surface area (Å²) in [5, 5.41) is 5.15. The Morgan fingerprint density at radius 2 is 1.44 bits per heavy atom. The molecule has 0 amide bonds. The molecule has 0 saturated carbocycles. The molecule has 0 unspecified atom stereocenters. The fourth-order valence-electron chi connectivity index (χ4n) is 4.89. The summed E-state index contributed by atoms with van der Waals surface area (Å²) in [4.78, 5) is 31.8. The standard InChI is InChI=1S/C30H45ClN6O2/c1-4-5-6-7-8-9-10-11-12-13-14-15-16-17-22-37-26-27(36(3)30(39)33-28(26)38)32-29(37)35-34-23(2)24-18-20-25(31)21-19-24/h18-21H,4-17,22H2,1-3H3,(H,32,35)(H,33,38,39)/b34-23+. The van der Waals surface area contributed by atoms with Gasteiger partial charge in [-0.25, -0.2) is 10.2 Å². The van der Waals surface area contributed by atoms with E-state index in [1.807, 2.05) is 35.8 Å². The number of nitrogens with one attached hydrogen (secondary N) is 2. The molecule has 2 aromatic heterocycles. The highest BCUT2D eigenvalue weighted by molar-refractivity contribution is 6.30. The van der Waals surface area contributed by atoms with Crippen molar-refractivity contribution in [3.05, 3.63) is 55.7 Å². The Hall–Kier alpha value is -2.87. The van der Waals surface area contributed by atoms with Crippen LogP contribution in [0.3, 0.4) is 0 Å². The summed E-state index contributed by atoms with van der Waals surface area (Å²) in [7, 11) is 1.61. The Morgan fingerprint density at radius 1 is 0.897 bits per heavy atom. The molecule has 2 heterocycles. The number of unbranched alkanes of at least 4 members (excludes halogenated alkanes) is 13. The van der Waals surface area contributed by atoms with E-state index in [1.165, 1.54) is 81.6 Å². The second-order valence-corrected chi connectivity index (χ2v) is 10.9. The molecule has 0 spiro atoms. The number of hydrogen-bond acceptors (Lipinski definition) is 5. The molecule has 3 rings (SSSR count). The minimum absolute atomic E-state index is 0.343. The van der Waals surface area contributed by atoms with Crippen molar-refractivity contribution < 1.29 is 0 Å². The first-order valence-corrected chi connectivity index (χ1v) is 15.1. The van der Waals surface area contributed by atoms with E-state index in [1.54, 1.807) is 7.05 Å². The maximum Gasteiger partial charge on any atom is 0.329 e. The molecular formula is C30H45ClN6O2. The SMILES string of the molecule is CCCCCCCCCCCCCCCCn1c(N/N=C(\C)c2ccc(Cl)cc2)nc2c1c(=O)[nH]c(=O)n2C. The Kier molecular flexibility index (Phi) is 12.8. The average molecular weight is 557 g/mol. The highest BCUT2D eigenvalue weighted by Crippen LogP contribution is 2.19. The number of aryl methyl sites for hydroxylation is 2. The quantitative estimate of drug-likeness (QED) is 0.0969. The van der Waals surface area contributed by atoms with Gasteiger partial charge in [-0.3, -0.25) is 14.3 Å². The molecule has 0 aliphatic rings. The number of hydrogen-bond donors (Lipinski definition) is 2. The van der Waals surface area contributed by atoms with Crippen LogP contribution < -0.4 is 16.7 Å². The van der Waals surface area contributed by atoms with Gasteiger partial charge >= 0.3 is 5.69 Å². The number of benzene rings is 1. The van der Waals surface area contributed by atoms with Crippen molar-refractivity contribution in [1.82, 2.24) is 19.1 Å². The van der Waals surface area contributed by atoms with Gasteiger partial charge in [0.2, 0.25) is 5.95 Å². The highest BCUT2D eigenvalue weighted by atomic mass is 35.5. The topological polar surface area (TPSA) is 97.1 Å². The number of aromatic nitrogens is 4. The zero-order valence-corrected chi connectivity index (χ0v) is 24.7. The zero-order chi connectivity index (χ0) is 28.0. The summed E-state index contributed by atoms with van der Waals surface area (Å²) in [6, 6.07) is 7.43. The number of rotatable bonds is 18. The van der Waals surface area contributed by atoms with Gasteiger partial charge in [0, 0.05) is 18.6 Å². The lowest BCUT2D eigenvalue weighted by molar-refractivity contribution is 0.526. The zero-order valence-electron chi connectivity index (χ0n) is 23.9. The first kappa shape index (κ1) is 30.7. The molecular weight excluding hydrogens is 512 g/mol. The van der Waals surface area contributed by atoms with Crippen molar-refractivity contribution in [1.29, 1.82) is 0 Å². The van der Waals surface area contributed by atoms with E-state index >= 15 is 0 Å². The van der Waals surface area contributed by atoms with Crippen LogP contribution in [0.5, 0.6) is 0 Å². The number of imidazole rings is 1. The van der Waals surface area contributed by atoms with Crippen LogP contribution in [-0.2, 0) is 13.6 Å². The molecule has 0 bridgehead atoms. The third-order valence-corrected chi connectivity index (χ3v) is 7.58. The summed E-state index contributed by atoms with van der Waals surface area (Å²) >= 11 is 6.00. The summed E-state index contributed by atoms with van der Waals surface area (Å²) in [6.45, 7) is 4.77. The average Bonchev–Trinajstić information content (AvgIpc) is 3.30. The number of aromatic amines is 1. The normalized spacial score (nSPS) is 11.9. The molecule has 9 heteroatoms. The first-order valence-electron chi connectivity index (χ1n) is 14.7. The fraction of sp³-hybridized carbons (Fsp3) is 0.600. The first-order chi connectivity index (χ1) is 18.9. The van der Waals surface area contributed by atoms with Crippen molar-refractivity contribution in [3.63, 3.8) is 0 Å². The molecule has 8 nitrogen and oxygen atoms in total. The number of nitrogens with zero attached hydrogens (tertiary/aromatic N) is 4. The predicted molar refractivity (Wildman–Crippen MR) is 163 cm³/mol. The molecule has 39 heavy (non-hydrogen) atoms. The lowest BCUT2D eigenvalue weighted by Crippen LogP contribution is -2.29. The number of H-pyrrole nitrogens is 1. The Labute approximate surface area is 236 Å². The molecule has 2 N–H and O–H groups in total. The molecule has 0 saturated heterocycles. The molecule has 0 atom stereocenters. The van der Waals surface area contributed by atoms with E-state index in [0.29, 0.717) is 28.7 Å². The van der Waals surface area contributed by atoms with Gasteiger partial charge in [0.15, 0.2) is 11.2 Å². The minimum Gasteiger partial charge on any atom is -0.303 e. The smallest absolute Gasteiger partial charge is 0.303 e. The van der Waals surface area contributed by atoms with Crippen LogP contribution in [0, 0.1) is 0 Å². The van der Waals surface area contributed by atoms with Gasteiger partial charge in [0.1, 0.15) is 0 Å². The van der Waals surface area contributed by atoms with Crippen LogP contribution in [0.15, 0.2) is 39.0 Å². The van der Waals surface area contributed by atoms with Crippen LogP contribution in [0.1, 0.15) is 109 Å².